The van der Waals surface area contributed by atoms with Gasteiger partial charge in [0.25, 0.3) is 0 Å². The van der Waals surface area contributed by atoms with Gasteiger partial charge in [0.05, 0.1) is 21.8 Å². The Bertz CT molecular complexity index is 1180. The molecule has 2 heterocycles. The van der Waals surface area contributed by atoms with Crippen LogP contribution in [-0.2, 0) is 13.1 Å². The first-order valence-electron chi connectivity index (χ1n) is 11.2. The fourth-order valence-electron chi connectivity index (χ4n) is 4.03. The zero-order valence-electron chi connectivity index (χ0n) is 18.7. The number of rotatable bonds is 8. The molecule has 0 spiro atoms. The number of benzene rings is 2. The van der Waals surface area contributed by atoms with Crippen LogP contribution in [0.1, 0.15) is 24.1 Å². The lowest BCUT2D eigenvalue weighted by Gasteiger charge is -2.24. The Labute approximate surface area is 208 Å². The Balaban J connectivity index is 1.59. The first-order chi connectivity index (χ1) is 16.4. The van der Waals surface area contributed by atoms with Crippen molar-refractivity contribution in [2.75, 3.05) is 18.8 Å². The maximum atomic E-state index is 13.8. The molecule has 1 aliphatic rings. The van der Waals surface area contributed by atoms with E-state index in [1.54, 1.807) is 42.6 Å². The van der Waals surface area contributed by atoms with Gasteiger partial charge in [-0.3, -0.25) is 0 Å². The number of imidazole rings is 1. The minimum atomic E-state index is -0.284. The van der Waals surface area contributed by atoms with Crippen molar-refractivity contribution >= 4 is 35.2 Å². The van der Waals surface area contributed by atoms with Crippen molar-refractivity contribution in [3.63, 3.8) is 0 Å². The Morgan fingerprint density at radius 2 is 2.03 bits per heavy atom. The summed E-state index contributed by atoms with van der Waals surface area (Å²) in [5.74, 6) is 1.57. The van der Waals surface area contributed by atoms with E-state index in [2.05, 4.69) is 22.2 Å². The summed E-state index contributed by atoms with van der Waals surface area (Å²) >= 11 is 13.0. The van der Waals surface area contributed by atoms with Crippen molar-refractivity contribution in [2.24, 2.45) is 10.9 Å². The van der Waals surface area contributed by atoms with Gasteiger partial charge in [0.2, 0.25) is 0 Å². The van der Waals surface area contributed by atoms with Crippen LogP contribution in [0.5, 0.6) is 0 Å². The number of nitrogens with zero attached hydrogens (tertiary/aromatic N) is 3. The second-order valence-corrected chi connectivity index (χ2v) is 9.09. The number of nitrogens with one attached hydrogen (secondary N) is 2. The van der Waals surface area contributed by atoms with E-state index in [-0.39, 0.29) is 12.4 Å². The van der Waals surface area contributed by atoms with Gasteiger partial charge in [0.1, 0.15) is 29.0 Å². The molecule has 0 bridgehead atoms. The van der Waals surface area contributed by atoms with Crippen molar-refractivity contribution in [3.05, 3.63) is 82.0 Å². The number of nitrogen functional groups attached to an aromatic ring is 1. The van der Waals surface area contributed by atoms with Crippen LogP contribution >= 0.6 is 23.2 Å². The Morgan fingerprint density at radius 3 is 2.74 bits per heavy atom. The maximum Gasteiger partial charge on any atom is 0.145 e. The van der Waals surface area contributed by atoms with Crippen molar-refractivity contribution in [3.8, 4) is 11.4 Å². The van der Waals surface area contributed by atoms with Crippen molar-refractivity contribution in [2.45, 2.75) is 25.9 Å². The summed E-state index contributed by atoms with van der Waals surface area (Å²) in [5, 5.41) is 7.44. The highest BCUT2D eigenvalue weighted by atomic mass is 35.5. The van der Waals surface area contributed by atoms with E-state index in [0.29, 0.717) is 56.8 Å². The molecule has 1 aromatic heterocycles. The predicted octanol–water partition coefficient (Wildman–Crippen LogP) is 5.26. The number of aliphatic imine (C=N–C) groups is 1. The molecule has 0 amide bonds. The average Bonchev–Trinajstić information content (AvgIpc) is 3.12. The first kappa shape index (κ1) is 24.3. The lowest BCUT2D eigenvalue weighted by molar-refractivity contribution is 0.340. The fraction of sp³-hybridized carbons (Fsp3) is 0.280. The summed E-state index contributed by atoms with van der Waals surface area (Å²) in [5.41, 5.74) is 8.19. The molecule has 1 aliphatic heterocycles. The van der Waals surface area contributed by atoms with Gasteiger partial charge in [-0.2, -0.15) is 0 Å². The smallest absolute Gasteiger partial charge is 0.145 e. The van der Waals surface area contributed by atoms with Gasteiger partial charge in [0.15, 0.2) is 0 Å². The lowest BCUT2D eigenvalue weighted by atomic mass is 9.99. The van der Waals surface area contributed by atoms with Crippen LogP contribution in [0.25, 0.3) is 11.4 Å². The van der Waals surface area contributed by atoms with E-state index < -0.39 is 0 Å². The summed E-state index contributed by atoms with van der Waals surface area (Å²) in [4.78, 5) is 9.09. The summed E-state index contributed by atoms with van der Waals surface area (Å²) in [6.07, 6.45) is 3.76. The first-order valence-corrected chi connectivity index (χ1v) is 11.9. The number of hydrogen-bond acceptors (Lipinski definition) is 5. The molecule has 34 heavy (non-hydrogen) atoms. The molecular formula is C25H27Cl2FN6. The zero-order valence-corrected chi connectivity index (χ0v) is 20.2. The topological polar surface area (TPSA) is 80.3 Å². The van der Waals surface area contributed by atoms with E-state index in [0.717, 1.165) is 25.9 Å². The van der Waals surface area contributed by atoms with Gasteiger partial charge in [-0.15, -0.1) is 0 Å². The number of hydrogen-bond donors (Lipinski definition) is 3. The number of piperidine rings is 1. The summed E-state index contributed by atoms with van der Waals surface area (Å²) < 4.78 is 15.8. The van der Waals surface area contributed by atoms with Crippen molar-refractivity contribution in [1.29, 1.82) is 0 Å². The van der Waals surface area contributed by atoms with Crippen LogP contribution in [0.3, 0.4) is 0 Å². The predicted molar refractivity (Wildman–Crippen MR) is 138 cm³/mol. The SMILES string of the molecule is C=C(N=Cc1nc(-c2c(Cl)cccc2Cl)n(C[C@H]2CCCNC2)c1N)NCc1ccccc1F. The molecule has 0 saturated carbocycles. The van der Waals surface area contributed by atoms with Crippen LogP contribution in [0.2, 0.25) is 10.0 Å². The molecule has 0 radical (unpaired) electrons. The van der Waals surface area contributed by atoms with Gasteiger partial charge < -0.3 is 20.9 Å². The van der Waals surface area contributed by atoms with E-state index in [1.165, 1.54) is 6.07 Å². The third-order valence-electron chi connectivity index (χ3n) is 5.84. The number of halogens is 3. The Morgan fingerprint density at radius 1 is 1.26 bits per heavy atom. The third-order valence-corrected chi connectivity index (χ3v) is 6.47. The molecule has 4 rings (SSSR count). The summed E-state index contributed by atoms with van der Waals surface area (Å²) in [6, 6.07) is 11.9. The highest BCUT2D eigenvalue weighted by Gasteiger charge is 2.23. The molecule has 6 nitrogen and oxygen atoms in total. The molecule has 1 atom stereocenters. The molecule has 1 fully saturated rings. The number of nitrogens with two attached hydrogens (primary N) is 1. The number of aromatic nitrogens is 2. The lowest BCUT2D eigenvalue weighted by Crippen LogP contribution is -2.32. The van der Waals surface area contributed by atoms with Gasteiger partial charge in [-0.05, 0) is 50.0 Å². The van der Waals surface area contributed by atoms with Crippen LogP contribution < -0.4 is 16.4 Å². The molecule has 1 saturated heterocycles. The summed E-state index contributed by atoms with van der Waals surface area (Å²) in [7, 11) is 0. The largest absolute Gasteiger partial charge is 0.383 e. The second-order valence-electron chi connectivity index (χ2n) is 8.28. The molecule has 3 aromatic rings. The highest BCUT2D eigenvalue weighted by molar-refractivity contribution is 6.39. The van der Waals surface area contributed by atoms with Crippen LogP contribution in [0.15, 0.2) is 59.9 Å². The molecule has 0 aliphatic carbocycles. The van der Waals surface area contributed by atoms with Crippen LogP contribution in [-0.4, -0.2) is 28.9 Å². The average molecular weight is 501 g/mol. The Hall–Kier alpha value is -2.87. The highest BCUT2D eigenvalue weighted by Crippen LogP contribution is 2.36. The van der Waals surface area contributed by atoms with Gasteiger partial charge >= 0.3 is 0 Å². The minimum absolute atomic E-state index is 0.266. The second kappa shape index (κ2) is 11.0. The number of anilines is 1. The molecule has 0 unspecified atom stereocenters. The van der Waals surface area contributed by atoms with Crippen molar-refractivity contribution < 1.29 is 4.39 Å². The monoisotopic (exact) mass is 500 g/mol. The fourth-order valence-corrected chi connectivity index (χ4v) is 4.59. The molecule has 4 N–H and O–H groups in total. The molecule has 9 heteroatoms. The van der Waals surface area contributed by atoms with Gasteiger partial charge in [0, 0.05) is 18.7 Å². The molecular weight excluding hydrogens is 474 g/mol. The van der Waals surface area contributed by atoms with Crippen LogP contribution in [0.4, 0.5) is 10.2 Å². The standard InChI is InChI=1S/C25H27Cl2FN6/c1-16(31-13-18-7-2-3-10-21(18)28)32-14-22-24(29)34(15-17-6-5-11-30-12-17)25(33-22)23-19(26)8-4-9-20(23)27/h2-4,7-10,14,17,30-31H,1,5-6,11-13,15,29H2/t17-/m0/s1. The normalized spacial score (nSPS) is 16.1. The maximum absolute atomic E-state index is 13.8. The summed E-state index contributed by atoms with van der Waals surface area (Å²) in [6.45, 7) is 6.78. The Kier molecular flexibility index (Phi) is 7.88. The van der Waals surface area contributed by atoms with E-state index >= 15 is 0 Å². The zero-order chi connectivity index (χ0) is 24.1. The van der Waals surface area contributed by atoms with Gasteiger partial charge in [-0.1, -0.05) is 54.0 Å². The minimum Gasteiger partial charge on any atom is -0.383 e. The van der Waals surface area contributed by atoms with E-state index in [9.17, 15) is 4.39 Å². The molecule has 178 valence electrons. The quantitative estimate of drug-likeness (QED) is 0.368. The molecule has 2 aromatic carbocycles. The van der Waals surface area contributed by atoms with Crippen molar-refractivity contribution in [1.82, 2.24) is 20.2 Å². The van der Waals surface area contributed by atoms with E-state index in [1.807, 2.05) is 4.57 Å². The van der Waals surface area contributed by atoms with E-state index in [4.69, 9.17) is 33.9 Å². The third kappa shape index (κ3) is 5.60. The van der Waals surface area contributed by atoms with Gasteiger partial charge in [-0.25, -0.2) is 14.4 Å². The van der Waals surface area contributed by atoms with Crippen LogP contribution in [0, 0.1) is 11.7 Å².